The smallest absolute Gasteiger partial charge is 0.340 e. The highest BCUT2D eigenvalue weighted by Gasteiger charge is 2.30. The molecule has 2 atom stereocenters. The summed E-state index contributed by atoms with van der Waals surface area (Å²) in [7, 11) is 0. The fourth-order valence-corrected chi connectivity index (χ4v) is 3.38. The Balaban J connectivity index is 1.47. The molecule has 0 aromatic heterocycles. The SMILES string of the molecule is O=C(OC[C@H]1O[C@@H](OC(=O)c2ccc(Cl)c(Cl)c2)CS1)c1ccccc1. The van der Waals surface area contributed by atoms with Gasteiger partial charge in [-0.3, -0.25) is 0 Å². The van der Waals surface area contributed by atoms with Gasteiger partial charge in [0.15, 0.2) is 0 Å². The maximum atomic E-state index is 12.1. The van der Waals surface area contributed by atoms with Crippen LogP contribution in [-0.2, 0) is 14.2 Å². The number of hydrogen-bond donors (Lipinski definition) is 0. The van der Waals surface area contributed by atoms with Gasteiger partial charge in [0.05, 0.1) is 26.9 Å². The van der Waals surface area contributed by atoms with Gasteiger partial charge in [-0.25, -0.2) is 9.59 Å². The van der Waals surface area contributed by atoms with Crippen LogP contribution >= 0.6 is 35.0 Å². The van der Waals surface area contributed by atoms with Crippen molar-refractivity contribution in [3.63, 3.8) is 0 Å². The topological polar surface area (TPSA) is 61.8 Å². The van der Waals surface area contributed by atoms with Gasteiger partial charge >= 0.3 is 11.9 Å². The minimum absolute atomic E-state index is 0.0687. The molecule has 26 heavy (non-hydrogen) atoms. The summed E-state index contributed by atoms with van der Waals surface area (Å²) in [6, 6.07) is 13.2. The van der Waals surface area contributed by atoms with Gasteiger partial charge in [0.2, 0.25) is 6.29 Å². The fraction of sp³-hybridized carbons (Fsp3) is 0.222. The summed E-state index contributed by atoms with van der Waals surface area (Å²) < 4.78 is 16.1. The summed E-state index contributed by atoms with van der Waals surface area (Å²) in [5, 5.41) is 0.629. The minimum atomic E-state index is -0.720. The number of halogens is 2. The summed E-state index contributed by atoms with van der Waals surface area (Å²) in [6.07, 6.45) is -0.720. The molecule has 2 aromatic rings. The fourth-order valence-electron chi connectivity index (χ4n) is 2.19. The van der Waals surface area contributed by atoms with E-state index in [1.165, 1.54) is 30.0 Å². The van der Waals surface area contributed by atoms with E-state index in [9.17, 15) is 9.59 Å². The Morgan fingerprint density at radius 3 is 2.54 bits per heavy atom. The number of benzene rings is 2. The van der Waals surface area contributed by atoms with Crippen molar-refractivity contribution < 1.29 is 23.8 Å². The monoisotopic (exact) mass is 412 g/mol. The second-order valence-electron chi connectivity index (χ2n) is 5.33. The molecule has 0 unspecified atom stereocenters. The number of carbonyl (C=O) groups is 2. The maximum Gasteiger partial charge on any atom is 0.340 e. The zero-order chi connectivity index (χ0) is 18.5. The Morgan fingerprint density at radius 1 is 1.04 bits per heavy atom. The largest absolute Gasteiger partial charge is 0.458 e. The third kappa shape index (κ3) is 4.92. The molecule has 2 aromatic carbocycles. The third-order valence-corrected chi connectivity index (χ3v) is 5.30. The molecule has 3 rings (SSSR count). The number of carbonyl (C=O) groups excluding carboxylic acids is 2. The van der Waals surface area contributed by atoms with Crippen molar-refractivity contribution in [2.75, 3.05) is 12.4 Å². The molecule has 0 aliphatic carbocycles. The second-order valence-corrected chi connectivity index (χ2v) is 7.33. The second kappa shape index (κ2) is 8.77. The van der Waals surface area contributed by atoms with Crippen molar-refractivity contribution >= 4 is 46.9 Å². The van der Waals surface area contributed by atoms with E-state index in [-0.39, 0.29) is 17.2 Å². The van der Waals surface area contributed by atoms with Gasteiger partial charge in [-0.05, 0) is 30.3 Å². The van der Waals surface area contributed by atoms with Crippen molar-refractivity contribution in [1.82, 2.24) is 0 Å². The Bertz CT molecular complexity index is 799. The van der Waals surface area contributed by atoms with Crippen molar-refractivity contribution in [3.8, 4) is 0 Å². The number of rotatable bonds is 5. The lowest BCUT2D eigenvalue weighted by molar-refractivity contribution is -0.103. The zero-order valence-corrected chi connectivity index (χ0v) is 15.7. The van der Waals surface area contributed by atoms with E-state index < -0.39 is 23.7 Å². The maximum absolute atomic E-state index is 12.1. The quantitative estimate of drug-likeness (QED) is 0.677. The lowest BCUT2D eigenvalue weighted by Crippen LogP contribution is -2.23. The highest BCUT2D eigenvalue weighted by atomic mass is 35.5. The van der Waals surface area contributed by atoms with Crippen LogP contribution in [0.5, 0.6) is 0 Å². The van der Waals surface area contributed by atoms with Crippen LogP contribution in [0, 0.1) is 0 Å². The van der Waals surface area contributed by atoms with E-state index >= 15 is 0 Å². The average Bonchev–Trinajstić information content (AvgIpc) is 3.10. The van der Waals surface area contributed by atoms with E-state index in [4.69, 9.17) is 37.4 Å². The third-order valence-electron chi connectivity index (χ3n) is 3.48. The molecule has 8 heteroatoms. The van der Waals surface area contributed by atoms with Gasteiger partial charge in [0.1, 0.15) is 12.0 Å². The lowest BCUT2D eigenvalue weighted by Gasteiger charge is -2.14. The molecular weight excluding hydrogens is 399 g/mol. The number of hydrogen-bond acceptors (Lipinski definition) is 6. The molecular formula is C18H14Cl2O5S. The van der Waals surface area contributed by atoms with Gasteiger partial charge in [-0.15, -0.1) is 11.8 Å². The first-order chi connectivity index (χ1) is 12.5. The van der Waals surface area contributed by atoms with Crippen LogP contribution < -0.4 is 0 Å². The predicted octanol–water partition coefficient (Wildman–Crippen LogP) is 4.42. The van der Waals surface area contributed by atoms with Crippen molar-refractivity contribution in [3.05, 3.63) is 69.7 Å². The number of thioether (sulfide) groups is 1. The minimum Gasteiger partial charge on any atom is -0.458 e. The molecule has 1 saturated heterocycles. The van der Waals surface area contributed by atoms with Gasteiger partial charge in [0.25, 0.3) is 0 Å². The highest BCUT2D eigenvalue weighted by molar-refractivity contribution is 8.00. The molecule has 136 valence electrons. The van der Waals surface area contributed by atoms with Gasteiger partial charge in [-0.1, -0.05) is 41.4 Å². The van der Waals surface area contributed by atoms with Gasteiger partial charge in [0, 0.05) is 0 Å². The Kier molecular flexibility index (Phi) is 6.43. The van der Waals surface area contributed by atoms with Gasteiger partial charge < -0.3 is 14.2 Å². The van der Waals surface area contributed by atoms with E-state index in [1.54, 1.807) is 24.3 Å². The van der Waals surface area contributed by atoms with Crippen molar-refractivity contribution in [2.24, 2.45) is 0 Å². The van der Waals surface area contributed by atoms with Crippen LogP contribution in [0.3, 0.4) is 0 Å². The Morgan fingerprint density at radius 2 is 1.81 bits per heavy atom. The van der Waals surface area contributed by atoms with Crippen LogP contribution in [0.2, 0.25) is 10.0 Å². The van der Waals surface area contributed by atoms with Crippen molar-refractivity contribution in [2.45, 2.75) is 11.7 Å². The van der Waals surface area contributed by atoms with E-state index in [0.29, 0.717) is 16.3 Å². The average molecular weight is 413 g/mol. The molecule has 0 saturated carbocycles. The first-order valence-corrected chi connectivity index (χ1v) is 9.48. The summed E-state index contributed by atoms with van der Waals surface area (Å²) in [6.45, 7) is 0.0687. The van der Waals surface area contributed by atoms with E-state index in [1.807, 2.05) is 6.07 Å². The summed E-state index contributed by atoms with van der Waals surface area (Å²) in [4.78, 5) is 24.0. The molecule has 0 radical (unpaired) electrons. The number of esters is 2. The Hall–Kier alpha value is -1.73. The molecule has 1 aliphatic heterocycles. The number of ether oxygens (including phenoxy) is 3. The lowest BCUT2D eigenvalue weighted by atomic mass is 10.2. The first kappa shape index (κ1) is 19.0. The van der Waals surface area contributed by atoms with Crippen LogP contribution in [-0.4, -0.2) is 36.0 Å². The van der Waals surface area contributed by atoms with Crippen LogP contribution in [0.1, 0.15) is 20.7 Å². The van der Waals surface area contributed by atoms with Crippen LogP contribution in [0.25, 0.3) is 0 Å². The van der Waals surface area contributed by atoms with E-state index in [2.05, 4.69) is 0 Å². The standard InChI is InChI=1S/C18H14Cl2O5S/c19-13-7-6-12(8-14(13)20)18(22)25-15-10-26-16(24-15)9-23-17(21)11-4-2-1-3-5-11/h1-8,15-16H,9-10H2/t15-,16-/m0/s1. The molecule has 5 nitrogen and oxygen atoms in total. The summed E-state index contributed by atoms with van der Waals surface area (Å²) in [5.74, 6) is -0.539. The van der Waals surface area contributed by atoms with Crippen LogP contribution in [0.4, 0.5) is 0 Å². The zero-order valence-electron chi connectivity index (χ0n) is 13.4. The molecule has 0 bridgehead atoms. The van der Waals surface area contributed by atoms with Gasteiger partial charge in [-0.2, -0.15) is 0 Å². The molecule has 0 N–H and O–H groups in total. The first-order valence-electron chi connectivity index (χ1n) is 7.68. The normalized spacial score (nSPS) is 19.2. The summed E-state index contributed by atoms with van der Waals surface area (Å²) in [5.41, 5.74) is 0.360. The molecule has 1 fully saturated rings. The molecule has 1 aliphatic rings. The molecule has 1 heterocycles. The predicted molar refractivity (Wildman–Crippen MR) is 99.7 cm³/mol. The van der Waals surface area contributed by atoms with Crippen molar-refractivity contribution in [1.29, 1.82) is 0 Å². The van der Waals surface area contributed by atoms with E-state index in [0.717, 1.165) is 0 Å². The molecule has 0 amide bonds. The Labute approximate surface area is 164 Å². The molecule has 0 spiro atoms. The highest BCUT2D eigenvalue weighted by Crippen LogP contribution is 2.28. The van der Waals surface area contributed by atoms with Crippen LogP contribution in [0.15, 0.2) is 48.5 Å². The summed E-state index contributed by atoms with van der Waals surface area (Å²) >= 11 is 13.1.